The molecular weight excluding hydrogens is 250 g/mol. The molecule has 0 aliphatic heterocycles. The van der Waals surface area contributed by atoms with E-state index in [1.807, 2.05) is 36.4 Å². The first kappa shape index (κ1) is 14.2. The van der Waals surface area contributed by atoms with Crippen LogP contribution in [-0.2, 0) is 6.54 Å². The number of hydrogen-bond acceptors (Lipinski definition) is 4. The molecule has 0 radical (unpaired) electrons. The number of nitrogens with two attached hydrogens (primary N) is 1. The van der Waals surface area contributed by atoms with Gasteiger partial charge in [0.15, 0.2) is 0 Å². The maximum Gasteiger partial charge on any atom is 0.137 e. The van der Waals surface area contributed by atoms with Gasteiger partial charge in [-0.1, -0.05) is 12.1 Å². The van der Waals surface area contributed by atoms with Crippen LogP contribution in [0.3, 0.4) is 0 Å². The molecule has 4 heteroatoms. The second-order valence-corrected chi connectivity index (χ2v) is 5.02. The van der Waals surface area contributed by atoms with E-state index in [0.717, 1.165) is 23.8 Å². The number of anilines is 2. The number of aromatic nitrogens is 1. The summed E-state index contributed by atoms with van der Waals surface area (Å²) in [6.45, 7) is 5.11. The number of hydrogen-bond donors (Lipinski definition) is 1. The predicted octanol–water partition coefficient (Wildman–Crippen LogP) is 3.09. The van der Waals surface area contributed by atoms with Crippen LogP contribution in [0, 0.1) is 0 Å². The van der Waals surface area contributed by atoms with E-state index < -0.39 is 0 Å². The van der Waals surface area contributed by atoms with Gasteiger partial charge in [0.05, 0.1) is 13.3 Å². The summed E-state index contributed by atoms with van der Waals surface area (Å²) in [7, 11) is 1.64. The van der Waals surface area contributed by atoms with Crippen molar-refractivity contribution in [3.8, 4) is 5.75 Å². The lowest BCUT2D eigenvalue weighted by atomic mass is 10.1. The van der Waals surface area contributed by atoms with Crippen LogP contribution >= 0.6 is 0 Å². The quantitative estimate of drug-likeness (QED) is 0.849. The van der Waals surface area contributed by atoms with E-state index in [0.29, 0.717) is 6.04 Å². The Bertz CT molecular complexity index is 535. The van der Waals surface area contributed by atoms with E-state index in [4.69, 9.17) is 10.5 Å². The fourth-order valence-electron chi connectivity index (χ4n) is 2.01. The van der Waals surface area contributed by atoms with E-state index in [1.54, 1.807) is 13.3 Å². The summed E-state index contributed by atoms with van der Waals surface area (Å²) < 4.78 is 5.15. The van der Waals surface area contributed by atoms with Crippen molar-refractivity contribution in [2.45, 2.75) is 26.4 Å². The van der Waals surface area contributed by atoms with Gasteiger partial charge in [-0.05, 0) is 43.7 Å². The lowest BCUT2D eigenvalue weighted by Gasteiger charge is -2.28. The summed E-state index contributed by atoms with van der Waals surface area (Å²) in [4.78, 5) is 6.70. The minimum Gasteiger partial charge on any atom is -0.495 e. The molecule has 0 unspecified atom stereocenters. The summed E-state index contributed by atoms with van der Waals surface area (Å²) >= 11 is 0. The van der Waals surface area contributed by atoms with Gasteiger partial charge in [-0.15, -0.1) is 0 Å². The topological polar surface area (TPSA) is 51.4 Å². The molecule has 4 nitrogen and oxygen atoms in total. The predicted molar refractivity (Wildman–Crippen MR) is 83.0 cm³/mol. The van der Waals surface area contributed by atoms with Gasteiger partial charge in [-0.2, -0.15) is 0 Å². The monoisotopic (exact) mass is 271 g/mol. The summed E-state index contributed by atoms with van der Waals surface area (Å²) in [6.07, 6.45) is 1.74. The molecule has 0 aliphatic rings. The molecule has 2 N–H and O–H groups in total. The number of nitrogens with zero attached hydrogens (tertiary/aromatic N) is 2. The van der Waals surface area contributed by atoms with Crippen molar-refractivity contribution in [2.24, 2.45) is 0 Å². The Kier molecular flexibility index (Phi) is 4.45. The minimum absolute atomic E-state index is 0.355. The van der Waals surface area contributed by atoms with Gasteiger partial charge in [0, 0.05) is 18.3 Å². The Morgan fingerprint density at radius 3 is 2.35 bits per heavy atom. The standard InChI is InChI=1S/C16H21N3O/c1-12(2)19(11-13-4-6-14(17)7-5-13)16-9-8-15(20-3)10-18-16/h4-10,12H,11,17H2,1-3H3. The van der Waals surface area contributed by atoms with Crippen LogP contribution in [0.15, 0.2) is 42.6 Å². The third-order valence-corrected chi connectivity index (χ3v) is 3.21. The fraction of sp³-hybridized carbons (Fsp3) is 0.312. The summed E-state index contributed by atoms with van der Waals surface area (Å²) in [6, 6.07) is 12.2. The number of pyridine rings is 1. The van der Waals surface area contributed by atoms with E-state index in [1.165, 1.54) is 5.56 Å². The molecule has 0 fully saturated rings. The van der Waals surface area contributed by atoms with Gasteiger partial charge >= 0.3 is 0 Å². The maximum atomic E-state index is 5.72. The van der Waals surface area contributed by atoms with Gasteiger partial charge in [-0.25, -0.2) is 4.98 Å². The molecule has 2 aromatic rings. The Morgan fingerprint density at radius 2 is 1.85 bits per heavy atom. The van der Waals surface area contributed by atoms with Crippen molar-refractivity contribution in [1.82, 2.24) is 4.98 Å². The van der Waals surface area contributed by atoms with E-state index >= 15 is 0 Å². The van der Waals surface area contributed by atoms with E-state index in [9.17, 15) is 0 Å². The highest BCUT2D eigenvalue weighted by Gasteiger charge is 2.12. The Hall–Kier alpha value is -2.23. The molecule has 0 amide bonds. The number of nitrogen functional groups attached to an aromatic ring is 1. The molecule has 0 aliphatic carbocycles. The average Bonchev–Trinajstić information content (AvgIpc) is 2.46. The highest BCUT2D eigenvalue weighted by atomic mass is 16.5. The first-order valence-electron chi connectivity index (χ1n) is 6.71. The Morgan fingerprint density at radius 1 is 1.15 bits per heavy atom. The molecule has 0 atom stereocenters. The number of rotatable bonds is 5. The second kappa shape index (κ2) is 6.28. The van der Waals surface area contributed by atoms with Crippen molar-refractivity contribution in [1.29, 1.82) is 0 Å². The van der Waals surface area contributed by atoms with Gasteiger partial charge in [0.1, 0.15) is 11.6 Å². The molecule has 0 bridgehead atoms. The molecule has 1 aromatic carbocycles. The summed E-state index contributed by atoms with van der Waals surface area (Å²) in [5, 5.41) is 0. The SMILES string of the molecule is COc1ccc(N(Cc2ccc(N)cc2)C(C)C)nc1. The molecule has 0 saturated heterocycles. The molecule has 2 rings (SSSR count). The van der Waals surface area contributed by atoms with Crippen molar-refractivity contribution in [2.75, 3.05) is 17.7 Å². The fourth-order valence-corrected chi connectivity index (χ4v) is 2.01. The maximum absolute atomic E-state index is 5.72. The lowest BCUT2D eigenvalue weighted by Crippen LogP contribution is -2.30. The van der Waals surface area contributed by atoms with Gasteiger partial charge in [0.25, 0.3) is 0 Å². The van der Waals surface area contributed by atoms with Crippen LogP contribution < -0.4 is 15.4 Å². The molecule has 1 aromatic heterocycles. The van der Waals surface area contributed by atoms with Gasteiger partial charge in [-0.3, -0.25) is 0 Å². The zero-order valence-electron chi connectivity index (χ0n) is 12.2. The molecule has 106 valence electrons. The third-order valence-electron chi connectivity index (χ3n) is 3.21. The van der Waals surface area contributed by atoms with Crippen LogP contribution in [0.1, 0.15) is 19.4 Å². The normalized spacial score (nSPS) is 10.6. The van der Waals surface area contributed by atoms with Gasteiger partial charge in [0.2, 0.25) is 0 Å². The highest BCUT2D eigenvalue weighted by molar-refractivity contribution is 5.44. The van der Waals surface area contributed by atoms with Crippen molar-refractivity contribution < 1.29 is 4.74 Å². The van der Waals surface area contributed by atoms with E-state index in [-0.39, 0.29) is 0 Å². The molecular formula is C16H21N3O. The Balaban J connectivity index is 2.19. The number of ether oxygens (including phenoxy) is 1. The van der Waals surface area contributed by atoms with Crippen LogP contribution in [0.4, 0.5) is 11.5 Å². The molecule has 0 spiro atoms. The largest absolute Gasteiger partial charge is 0.495 e. The summed E-state index contributed by atoms with van der Waals surface area (Å²) in [5.41, 5.74) is 7.72. The first-order valence-corrected chi connectivity index (χ1v) is 6.71. The molecule has 0 saturated carbocycles. The van der Waals surface area contributed by atoms with Crippen molar-refractivity contribution in [3.05, 3.63) is 48.2 Å². The zero-order valence-corrected chi connectivity index (χ0v) is 12.2. The smallest absolute Gasteiger partial charge is 0.137 e. The molecule has 20 heavy (non-hydrogen) atoms. The number of methoxy groups -OCH3 is 1. The van der Waals surface area contributed by atoms with Crippen molar-refractivity contribution >= 4 is 11.5 Å². The zero-order chi connectivity index (χ0) is 14.5. The second-order valence-electron chi connectivity index (χ2n) is 5.02. The van der Waals surface area contributed by atoms with Crippen molar-refractivity contribution in [3.63, 3.8) is 0 Å². The molecule has 1 heterocycles. The average molecular weight is 271 g/mol. The number of benzene rings is 1. The third kappa shape index (κ3) is 3.41. The minimum atomic E-state index is 0.355. The van der Waals surface area contributed by atoms with Crippen LogP contribution in [0.25, 0.3) is 0 Å². The lowest BCUT2D eigenvalue weighted by molar-refractivity contribution is 0.413. The van der Waals surface area contributed by atoms with Crippen LogP contribution in [0.5, 0.6) is 5.75 Å². The van der Waals surface area contributed by atoms with Crippen LogP contribution in [-0.4, -0.2) is 18.1 Å². The first-order chi connectivity index (χ1) is 9.60. The highest BCUT2D eigenvalue weighted by Crippen LogP contribution is 2.20. The van der Waals surface area contributed by atoms with Gasteiger partial charge < -0.3 is 15.4 Å². The summed E-state index contributed by atoms with van der Waals surface area (Å²) in [5.74, 6) is 1.71. The van der Waals surface area contributed by atoms with Crippen LogP contribution in [0.2, 0.25) is 0 Å². The Labute approximate surface area is 120 Å². The van der Waals surface area contributed by atoms with E-state index in [2.05, 4.69) is 23.7 Å².